The van der Waals surface area contributed by atoms with Crippen molar-refractivity contribution in [2.24, 2.45) is 0 Å². The number of ether oxygens (including phenoxy) is 1. The Morgan fingerprint density at radius 2 is 2.10 bits per heavy atom. The van der Waals surface area contributed by atoms with Crippen LogP contribution in [0.15, 0.2) is 36.4 Å². The van der Waals surface area contributed by atoms with E-state index in [4.69, 9.17) is 4.74 Å². The molecule has 0 atom stereocenters. The summed E-state index contributed by atoms with van der Waals surface area (Å²) in [4.78, 5) is 0. The van der Waals surface area contributed by atoms with Crippen molar-refractivity contribution < 1.29 is 4.74 Å². The molecule has 0 heterocycles. The number of fused-ring (bicyclic) bond motifs is 1. The smallest absolute Gasteiger partial charge is 0.128 e. The van der Waals surface area contributed by atoms with E-state index in [1.54, 1.807) is 7.11 Å². The van der Waals surface area contributed by atoms with Crippen molar-refractivity contribution >= 4 is 22.0 Å². The van der Waals surface area contributed by atoms with E-state index >= 15 is 0 Å². The van der Waals surface area contributed by atoms with Crippen LogP contribution in [0.4, 0.5) is 5.69 Å². The van der Waals surface area contributed by atoms with Gasteiger partial charge in [-0.1, -0.05) is 18.2 Å². The van der Waals surface area contributed by atoms with Crippen molar-refractivity contribution in [2.75, 3.05) is 19.0 Å². The highest BCUT2D eigenvalue weighted by atomic mass is 16.5. The largest absolute Gasteiger partial charge is 0.496 e. The van der Waals surface area contributed by atoms with Crippen LogP contribution in [0, 0.1) is 0 Å². The lowest BCUT2D eigenvalue weighted by Gasteiger charge is -2.17. The second-order valence-corrected chi connectivity index (χ2v) is 5.59. The molecular formula is C19H23NO. The Hall–Kier alpha value is -1.96. The van der Waals surface area contributed by atoms with Gasteiger partial charge in [0.05, 0.1) is 7.11 Å². The van der Waals surface area contributed by atoms with E-state index in [0.717, 1.165) is 12.3 Å². The first-order valence-electron chi connectivity index (χ1n) is 7.87. The van der Waals surface area contributed by atoms with Gasteiger partial charge in [0.1, 0.15) is 5.75 Å². The molecule has 1 aliphatic carbocycles. The average Bonchev–Trinajstić information content (AvgIpc) is 2.55. The molecule has 2 nitrogen and oxygen atoms in total. The Balaban J connectivity index is 2.18. The Morgan fingerprint density at radius 1 is 1.19 bits per heavy atom. The first-order chi connectivity index (χ1) is 10.3. The highest BCUT2D eigenvalue weighted by molar-refractivity contribution is 6.01. The Morgan fingerprint density at radius 3 is 2.81 bits per heavy atom. The van der Waals surface area contributed by atoms with Crippen molar-refractivity contribution in [3.63, 3.8) is 0 Å². The Bertz CT molecular complexity index is 673. The van der Waals surface area contributed by atoms with Crippen molar-refractivity contribution in [1.82, 2.24) is 0 Å². The molecule has 0 radical (unpaired) electrons. The number of benzene rings is 2. The summed E-state index contributed by atoms with van der Waals surface area (Å²) in [6, 6.07) is 10.9. The van der Waals surface area contributed by atoms with Crippen LogP contribution in [0.2, 0.25) is 0 Å². The summed E-state index contributed by atoms with van der Waals surface area (Å²) in [5.41, 5.74) is 4.02. The molecule has 110 valence electrons. The molecule has 1 N–H and O–H groups in total. The lowest BCUT2D eigenvalue weighted by atomic mass is 9.91. The molecule has 0 spiro atoms. The maximum atomic E-state index is 5.55. The van der Waals surface area contributed by atoms with Gasteiger partial charge in [0.25, 0.3) is 0 Å². The molecule has 0 fully saturated rings. The third-order valence-corrected chi connectivity index (χ3v) is 4.19. The highest BCUT2D eigenvalue weighted by Gasteiger charge is 2.12. The fourth-order valence-electron chi connectivity index (χ4n) is 3.18. The summed E-state index contributed by atoms with van der Waals surface area (Å²) >= 11 is 0. The molecule has 2 heteroatoms. The average molecular weight is 281 g/mol. The summed E-state index contributed by atoms with van der Waals surface area (Å²) in [5, 5.41) is 5.92. The molecule has 21 heavy (non-hydrogen) atoms. The summed E-state index contributed by atoms with van der Waals surface area (Å²) in [7, 11) is 1.74. The number of methoxy groups -OCH3 is 1. The fourth-order valence-corrected chi connectivity index (χ4v) is 3.18. The second-order valence-electron chi connectivity index (χ2n) is 5.59. The lowest BCUT2D eigenvalue weighted by Crippen LogP contribution is -2.00. The van der Waals surface area contributed by atoms with Crippen molar-refractivity contribution in [2.45, 2.75) is 32.6 Å². The number of allylic oxidation sites excluding steroid dienone is 2. The number of hydrogen-bond acceptors (Lipinski definition) is 2. The van der Waals surface area contributed by atoms with Crippen LogP contribution in [0.5, 0.6) is 5.75 Å². The van der Waals surface area contributed by atoms with E-state index in [1.165, 1.54) is 53.3 Å². The number of anilines is 1. The van der Waals surface area contributed by atoms with Gasteiger partial charge in [0.2, 0.25) is 0 Å². The maximum Gasteiger partial charge on any atom is 0.128 e. The number of nitrogens with one attached hydrogen (secondary N) is 1. The van der Waals surface area contributed by atoms with E-state index in [2.05, 4.69) is 42.6 Å². The molecule has 0 aliphatic heterocycles. The van der Waals surface area contributed by atoms with Gasteiger partial charge < -0.3 is 10.1 Å². The molecule has 0 aromatic heterocycles. The molecule has 0 saturated heterocycles. The second kappa shape index (κ2) is 6.21. The normalized spacial score (nSPS) is 14.9. The number of rotatable bonds is 4. The van der Waals surface area contributed by atoms with Gasteiger partial charge in [0, 0.05) is 17.6 Å². The highest BCUT2D eigenvalue weighted by Crippen LogP contribution is 2.37. The van der Waals surface area contributed by atoms with Gasteiger partial charge >= 0.3 is 0 Å². The topological polar surface area (TPSA) is 21.3 Å². The quantitative estimate of drug-likeness (QED) is 0.827. The van der Waals surface area contributed by atoms with Crippen molar-refractivity contribution in [1.29, 1.82) is 0 Å². The summed E-state index contributed by atoms with van der Waals surface area (Å²) < 4.78 is 5.55. The van der Waals surface area contributed by atoms with E-state index in [1.807, 2.05) is 6.07 Å². The zero-order chi connectivity index (χ0) is 14.7. The number of hydrogen-bond donors (Lipinski definition) is 1. The third kappa shape index (κ3) is 2.76. The van der Waals surface area contributed by atoms with E-state index in [0.29, 0.717) is 0 Å². The predicted octanol–water partition coefficient (Wildman–Crippen LogP) is 5.24. The van der Waals surface area contributed by atoms with Crippen LogP contribution in [0.1, 0.15) is 38.2 Å². The maximum absolute atomic E-state index is 5.55. The first kappa shape index (κ1) is 14.0. The van der Waals surface area contributed by atoms with Gasteiger partial charge in [0.15, 0.2) is 0 Å². The van der Waals surface area contributed by atoms with E-state index in [-0.39, 0.29) is 0 Å². The third-order valence-electron chi connectivity index (χ3n) is 4.19. The van der Waals surface area contributed by atoms with Crippen LogP contribution >= 0.6 is 0 Å². The monoisotopic (exact) mass is 281 g/mol. The van der Waals surface area contributed by atoms with Crippen LogP contribution in [-0.2, 0) is 0 Å². The van der Waals surface area contributed by atoms with Crippen molar-refractivity contribution in [3.8, 4) is 5.75 Å². The van der Waals surface area contributed by atoms with Gasteiger partial charge in [-0.2, -0.15) is 0 Å². The van der Waals surface area contributed by atoms with Gasteiger partial charge in [-0.25, -0.2) is 0 Å². The summed E-state index contributed by atoms with van der Waals surface area (Å²) in [5.74, 6) is 0.938. The molecule has 2 aromatic carbocycles. The zero-order valence-electron chi connectivity index (χ0n) is 12.9. The molecule has 0 amide bonds. The summed E-state index contributed by atoms with van der Waals surface area (Å²) in [6.45, 7) is 3.05. The standard InChI is InChI=1S/C19H23NO/c1-3-20-17-13-16(14-8-5-4-6-9-14)12-15-10-7-11-18(21-2)19(15)17/h7-8,10-13,20H,3-6,9H2,1-2H3. The van der Waals surface area contributed by atoms with E-state index < -0.39 is 0 Å². The minimum absolute atomic E-state index is 0.912. The molecule has 0 saturated carbocycles. The molecule has 0 bridgehead atoms. The van der Waals surface area contributed by atoms with Crippen LogP contribution in [-0.4, -0.2) is 13.7 Å². The SMILES string of the molecule is CCNc1cc(C2=CCCCC2)cc2cccc(OC)c12. The molecule has 1 aliphatic rings. The van der Waals surface area contributed by atoms with Crippen LogP contribution in [0.25, 0.3) is 16.3 Å². The molecule has 0 unspecified atom stereocenters. The Labute approximate surface area is 126 Å². The van der Waals surface area contributed by atoms with Crippen LogP contribution in [0.3, 0.4) is 0 Å². The predicted molar refractivity (Wildman–Crippen MR) is 91.1 cm³/mol. The summed E-state index contributed by atoms with van der Waals surface area (Å²) in [6.07, 6.45) is 7.44. The first-order valence-corrected chi connectivity index (χ1v) is 7.87. The lowest BCUT2D eigenvalue weighted by molar-refractivity contribution is 0.420. The van der Waals surface area contributed by atoms with E-state index in [9.17, 15) is 0 Å². The zero-order valence-corrected chi connectivity index (χ0v) is 12.9. The Kier molecular flexibility index (Phi) is 4.14. The molecular weight excluding hydrogens is 258 g/mol. The van der Waals surface area contributed by atoms with Crippen LogP contribution < -0.4 is 10.1 Å². The minimum Gasteiger partial charge on any atom is -0.496 e. The fraction of sp³-hybridized carbons (Fsp3) is 0.368. The minimum atomic E-state index is 0.912. The molecule has 2 aromatic rings. The van der Waals surface area contributed by atoms with Crippen molar-refractivity contribution in [3.05, 3.63) is 42.0 Å². The van der Waals surface area contributed by atoms with Gasteiger partial charge in [-0.3, -0.25) is 0 Å². The molecule has 3 rings (SSSR count). The van der Waals surface area contributed by atoms with Gasteiger partial charge in [-0.05, 0) is 67.3 Å². The van der Waals surface area contributed by atoms with Gasteiger partial charge in [-0.15, -0.1) is 0 Å².